The molecule has 0 fully saturated rings. The molecule has 0 saturated carbocycles. The zero-order valence-corrected chi connectivity index (χ0v) is 32.4. The molecule has 10 aromatic rings. The minimum absolute atomic E-state index is 0.607. The summed E-state index contributed by atoms with van der Waals surface area (Å²) in [6.45, 7) is 0. The Hall–Kier alpha value is -7.41. The normalized spacial score (nSPS) is 15.1. The minimum Gasteiger partial charge on any atom is -0.456 e. The van der Waals surface area contributed by atoms with Crippen LogP contribution in [0, 0.1) is 0 Å². The van der Waals surface area contributed by atoms with Crippen LogP contribution >= 0.6 is 11.8 Å². The smallest absolute Gasteiger partial charge is 0.164 e. The third-order valence-corrected chi connectivity index (χ3v) is 12.9. The second-order valence-corrected chi connectivity index (χ2v) is 16.1. The maximum atomic E-state index is 6.63. The van der Waals surface area contributed by atoms with Crippen molar-refractivity contribution in [3.8, 4) is 45.3 Å². The Morgan fingerprint density at radius 3 is 1.86 bits per heavy atom. The second kappa shape index (κ2) is 13.3. The molecule has 0 N–H and O–H groups in total. The van der Waals surface area contributed by atoms with Crippen molar-refractivity contribution in [3.05, 3.63) is 216 Å². The van der Waals surface area contributed by atoms with E-state index in [0.29, 0.717) is 17.5 Å². The van der Waals surface area contributed by atoms with Gasteiger partial charge in [-0.1, -0.05) is 157 Å². The predicted molar refractivity (Wildman–Crippen MR) is 238 cm³/mol. The number of fused-ring (bicyclic) bond motifs is 11. The van der Waals surface area contributed by atoms with Crippen molar-refractivity contribution < 1.29 is 4.42 Å². The lowest BCUT2D eigenvalue weighted by Crippen LogP contribution is -2.35. The van der Waals surface area contributed by atoms with Gasteiger partial charge in [0.05, 0.1) is 5.41 Å². The fourth-order valence-corrected chi connectivity index (χ4v) is 10.2. The topological polar surface area (TPSA) is 64.7 Å². The van der Waals surface area contributed by atoms with Crippen molar-refractivity contribution >= 4 is 45.9 Å². The van der Waals surface area contributed by atoms with E-state index < -0.39 is 5.41 Å². The van der Waals surface area contributed by atoms with Gasteiger partial charge in [-0.3, -0.25) is 4.98 Å². The number of benzene rings is 7. The van der Waals surface area contributed by atoms with Gasteiger partial charge < -0.3 is 4.42 Å². The van der Waals surface area contributed by atoms with Crippen LogP contribution in [0.25, 0.3) is 79.4 Å². The molecule has 276 valence electrons. The van der Waals surface area contributed by atoms with E-state index in [1.54, 1.807) is 6.20 Å². The summed E-state index contributed by atoms with van der Waals surface area (Å²) in [6.07, 6.45) is 8.19. The summed E-state index contributed by atoms with van der Waals surface area (Å²) >= 11 is 1.83. The second-order valence-electron chi connectivity index (χ2n) is 15.0. The molecule has 1 unspecified atom stereocenters. The number of pyridine rings is 1. The van der Waals surface area contributed by atoms with Gasteiger partial charge in [-0.15, -0.1) is 0 Å². The third kappa shape index (κ3) is 5.34. The van der Waals surface area contributed by atoms with Gasteiger partial charge in [0.15, 0.2) is 17.5 Å². The Balaban J connectivity index is 1.11. The van der Waals surface area contributed by atoms with Gasteiger partial charge in [0.25, 0.3) is 0 Å². The van der Waals surface area contributed by atoms with Gasteiger partial charge >= 0.3 is 0 Å². The first-order chi connectivity index (χ1) is 29.2. The first kappa shape index (κ1) is 33.7. The van der Waals surface area contributed by atoms with E-state index in [-0.39, 0.29) is 0 Å². The molecule has 3 aromatic heterocycles. The van der Waals surface area contributed by atoms with Crippen molar-refractivity contribution in [1.29, 1.82) is 0 Å². The van der Waals surface area contributed by atoms with E-state index in [2.05, 4.69) is 157 Å². The number of rotatable bonds is 4. The van der Waals surface area contributed by atoms with Crippen molar-refractivity contribution in [2.45, 2.75) is 15.2 Å². The molecule has 5 nitrogen and oxygen atoms in total. The Morgan fingerprint density at radius 2 is 1.05 bits per heavy atom. The number of para-hydroxylation sites is 1. The fourth-order valence-electron chi connectivity index (χ4n) is 9.01. The molecule has 2 aliphatic rings. The Labute approximate surface area is 344 Å². The number of hydrogen-bond donors (Lipinski definition) is 0. The predicted octanol–water partition coefficient (Wildman–Crippen LogP) is 13.2. The molecule has 1 aliphatic heterocycles. The molecule has 0 amide bonds. The van der Waals surface area contributed by atoms with Crippen LogP contribution in [0.2, 0.25) is 0 Å². The first-order valence-electron chi connectivity index (χ1n) is 19.7. The van der Waals surface area contributed by atoms with Gasteiger partial charge in [0.1, 0.15) is 11.2 Å². The number of hydrogen-bond acceptors (Lipinski definition) is 6. The molecule has 0 radical (unpaired) electrons. The van der Waals surface area contributed by atoms with Gasteiger partial charge in [-0.05, 0) is 80.9 Å². The lowest BCUT2D eigenvalue weighted by molar-refractivity contribution is 0.659. The largest absolute Gasteiger partial charge is 0.456 e. The molecule has 1 spiro atoms. The SMILES string of the molecule is C1=Cc2ccc(-c3nc(-c4ccccc4)nc(-c4ccc(-c5cccnc5)cc4)n3)cc2C2(c3ccccc31)c1ccccc1Sc1cc3c(cc12)oc1ccccc13. The average Bonchev–Trinajstić information content (AvgIpc) is 3.60. The summed E-state index contributed by atoms with van der Waals surface area (Å²) in [7, 11) is 0. The standard InChI is InChI=1S/C53H32N4OS/c1-2-12-36(13-3-1)50-55-51(37-25-20-33(21-26-37)39-14-10-28-54-32-39)57-52(56-50)38-27-24-35-23-22-34-11-4-6-16-42(34)53(44(35)29-38)43-17-7-9-19-48(43)59-49-30-41-40-15-5-8-18-46(40)58-47(41)31-45(49)53/h1-32H. The summed E-state index contributed by atoms with van der Waals surface area (Å²) in [5, 5.41) is 2.24. The molecule has 1 atom stereocenters. The van der Waals surface area contributed by atoms with E-state index in [9.17, 15) is 0 Å². The van der Waals surface area contributed by atoms with Crippen LogP contribution in [-0.4, -0.2) is 19.9 Å². The van der Waals surface area contributed by atoms with Crippen LogP contribution < -0.4 is 0 Å². The minimum atomic E-state index is -0.698. The summed E-state index contributed by atoms with van der Waals surface area (Å²) in [6, 6.07) is 59.9. The van der Waals surface area contributed by atoms with Gasteiger partial charge in [0, 0.05) is 49.6 Å². The Bertz CT molecular complexity index is 3300. The van der Waals surface area contributed by atoms with E-state index in [4.69, 9.17) is 19.4 Å². The van der Waals surface area contributed by atoms with Crippen molar-refractivity contribution in [1.82, 2.24) is 19.9 Å². The van der Waals surface area contributed by atoms with Crippen molar-refractivity contribution in [2.75, 3.05) is 0 Å². The Kier molecular flexibility index (Phi) is 7.62. The van der Waals surface area contributed by atoms with Crippen LogP contribution in [0.4, 0.5) is 0 Å². The zero-order chi connectivity index (χ0) is 38.9. The van der Waals surface area contributed by atoms with Gasteiger partial charge in [0.2, 0.25) is 0 Å². The molecule has 12 rings (SSSR count). The lowest BCUT2D eigenvalue weighted by Gasteiger charge is -2.42. The zero-order valence-electron chi connectivity index (χ0n) is 31.6. The maximum absolute atomic E-state index is 6.63. The molecule has 6 heteroatoms. The summed E-state index contributed by atoms with van der Waals surface area (Å²) in [4.78, 5) is 22.3. The fraction of sp³-hybridized carbons (Fsp3) is 0.0189. The molecular weight excluding hydrogens is 741 g/mol. The van der Waals surface area contributed by atoms with Crippen LogP contribution in [0.3, 0.4) is 0 Å². The highest BCUT2D eigenvalue weighted by Crippen LogP contribution is 2.59. The van der Waals surface area contributed by atoms with Crippen LogP contribution in [0.15, 0.2) is 196 Å². The van der Waals surface area contributed by atoms with E-state index >= 15 is 0 Å². The van der Waals surface area contributed by atoms with E-state index in [1.165, 1.54) is 32.0 Å². The third-order valence-electron chi connectivity index (χ3n) is 11.7. The molecule has 1 aliphatic carbocycles. The van der Waals surface area contributed by atoms with E-state index in [1.807, 2.05) is 48.3 Å². The molecule has 4 heterocycles. The summed E-state index contributed by atoms with van der Waals surface area (Å²) in [5.74, 6) is 1.84. The average molecular weight is 773 g/mol. The quantitative estimate of drug-likeness (QED) is 0.177. The lowest BCUT2D eigenvalue weighted by atomic mass is 9.63. The highest BCUT2D eigenvalue weighted by atomic mass is 32.2. The van der Waals surface area contributed by atoms with Crippen molar-refractivity contribution in [3.63, 3.8) is 0 Å². The molecule has 59 heavy (non-hydrogen) atoms. The number of nitrogens with zero attached hydrogens (tertiary/aromatic N) is 4. The van der Waals surface area contributed by atoms with Crippen molar-refractivity contribution in [2.24, 2.45) is 0 Å². The number of aromatic nitrogens is 4. The monoisotopic (exact) mass is 772 g/mol. The molecule has 0 saturated heterocycles. The molecule has 0 bridgehead atoms. The van der Waals surface area contributed by atoms with E-state index in [0.717, 1.165) is 60.9 Å². The van der Waals surface area contributed by atoms with Crippen LogP contribution in [0.1, 0.15) is 33.4 Å². The highest BCUT2D eigenvalue weighted by molar-refractivity contribution is 7.99. The summed E-state index contributed by atoms with van der Waals surface area (Å²) in [5.41, 5.74) is 13.0. The molecule has 7 aromatic carbocycles. The maximum Gasteiger partial charge on any atom is 0.164 e. The van der Waals surface area contributed by atoms with Gasteiger partial charge in [-0.2, -0.15) is 0 Å². The highest BCUT2D eigenvalue weighted by Gasteiger charge is 2.47. The Morgan fingerprint density at radius 1 is 0.407 bits per heavy atom. The first-order valence-corrected chi connectivity index (χ1v) is 20.5. The number of furan rings is 1. The molecular formula is C53H32N4OS. The van der Waals surface area contributed by atoms with Crippen LogP contribution in [-0.2, 0) is 5.41 Å². The summed E-state index contributed by atoms with van der Waals surface area (Å²) < 4.78 is 6.63. The van der Waals surface area contributed by atoms with Gasteiger partial charge in [-0.25, -0.2) is 15.0 Å². The van der Waals surface area contributed by atoms with Crippen LogP contribution in [0.5, 0.6) is 0 Å².